The second-order valence-corrected chi connectivity index (χ2v) is 5.22. The molecule has 5 nitrogen and oxygen atoms in total. The van der Waals surface area contributed by atoms with Crippen molar-refractivity contribution in [3.63, 3.8) is 0 Å². The Kier molecular flexibility index (Phi) is 7.18. The van der Waals surface area contributed by atoms with Gasteiger partial charge in [0.2, 0.25) is 0 Å². The molecular formula is C11H20BrNO4. The largest absolute Gasteiger partial charge is 0.464 e. The lowest BCUT2D eigenvalue weighted by atomic mass is 10.2. The number of amides is 1. The van der Waals surface area contributed by atoms with Crippen molar-refractivity contribution in [1.29, 1.82) is 0 Å². The van der Waals surface area contributed by atoms with E-state index < -0.39 is 23.7 Å². The smallest absolute Gasteiger partial charge is 0.408 e. The highest BCUT2D eigenvalue weighted by molar-refractivity contribution is 9.09. The maximum atomic E-state index is 11.5. The first-order chi connectivity index (χ1) is 7.80. The van der Waals surface area contributed by atoms with Crippen LogP contribution in [0.1, 0.15) is 34.1 Å². The molecule has 0 aromatic heterocycles. The van der Waals surface area contributed by atoms with Crippen molar-refractivity contribution in [2.75, 3.05) is 11.9 Å². The summed E-state index contributed by atoms with van der Waals surface area (Å²) in [7, 11) is 0. The van der Waals surface area contributed by atoms with Crippen LogP contribution in [0.5, 0.6) is 0 Å². The van der Waals surface area contributed by atoms with Crippen LogP contribution in [0.2, 0.25) is 0 Å². The highest BCUT2D eigenvalue weighted by Crippen LogP contribution is 2.08. The average molecular weight is 310 g/mol. The summed E-state index contributed by atoms with van der Waals surface area (Å²) in [6.45, 7) is 7.29. The van der Waals surface area contributed by atoms with E-state index in [9.17, 15) is 9.59 Å². The number of carbonyl (C=O) groups is 2. The van der Waals surface area contributed by atoms with E-state index in [0.29, 0.717) is 11.8 Å². The molecule has 100 valence electrons. The monoisotopic (exact) mass is 309 g/mol. The maximum absolute atomic E-state index is 11.5. The van der Waals surface area contributed by atoms with E-state index in [1.54, 1.807) is 27.7 Å². The van der Waals surface area contributed by atoms with Gasteiger partial charge in [0.1, 0.15) is 11.6 Å². The third kappa shape index (κ3) is 8.01. The molecule has 0 aromatic carbocycles. The van der Waals surface area contributed by atoms with Gasteiger partial charge in [-0.15, -0.1) is 0 Å². The van der Waals surface area contributed by atoms with Crippen molar-refractivity contribution >= 4 is 28.0 Å². The van der Waals surface area contributed by atoms with Gasteiger partial charge in [-0.2, -0.15) is 0 Å². The fourth-order valence-electron chi connectivity index (χ4n) is 1.05. The molecule has 0 fully saturated rings. The standard InChI is InChI=1S/C11H20BrNO4/c1-5-16-9(14)8(6-7-12)13-10(15)17-11(2,3)4/h8H,5-7H2,1-4H3,(H,13,15)/t8-/m0/s1. The van der Waals surface area contributed by atoms with E-state index in [1.165, 1.54) is 0 Å². The van der Waals surface area contributed by atoms with Crippen LogP contribution in [0.4, 0.5) is 4.79 Å². The lowest BCUT2D eigenvalue weighted by Crippen LogP contribution is -2.44. The van der Waals surface area contributed by atoms with Gasteiger partial charge in [0.05, 0.1) is 6.61 Å². The minimum atomic E-state index is -0.677. The van der Waals surface area contributed by atoms with E-state index in [4.69, 9.17) is 9.47 Å². The minimum Gasteiger partial charge on any atom is -0.464 e. The van der Waals surface area contributed by atoms with Crippen molar-refractivity contribution < 1.29 is 19.1 Å². The van der Waals surface area contributed by atoms with Gasteiger partial charge in [-0.1, -0.05) is 15.9 Å². The Morgan fingerprint density at radius 1 is 1.35 bits per heavy atom. The summed E-state index contributed by atoms with van der Waals surface area (Å²) in [6, 6.07) is -0.677. The highest BCUT2D eigenvalue weighted by atomic mass is 79.9. The van der Waals surface area contributed by atoms with E-state index in [1.807, 2.05) is 0 Å². The molecule has 0 rings (SSSR count). The summed E-state index contributed by atoms with van der Waals surface area (Å²) in [5.74, 6) is -0.446. The van der Waals surface area contributed by atoms with Crippen LogP contribution in [-0.2, 0) is 14.3 Å². The zero-order chi connectivity index (χ0) is 13.5. The van der Waals surface area contributed by atoms with E-state index >= 15 is 0 Å². The number of hydrogen-bond donors (Lipinski definition) is 1. The second-order valence-electron chi connectivity index (χ2n) is 4.43. The quantitative estimate of drug-likeness (QED) is 0.625. The van der Waals surface area contributed by atoms with Gasteiger partial charge in [-0.05, 0) is 34.1 Å². The number of halogens is 1. The Morgan fingerprint density at radius 3 is 2.35 bits per heavy atom. The topological polar surface area (TPSA) is 64.6 Å². The van der Waals surface area contributed by atoms with Crippen molar-refractivity contribution in [2.24, 2.45) is 0 Å². The molecule has 17 heavy (non-hydrogen) atoms. The first-order valence-electron chi connectivity index (χ1n) is 5.52. The second kappa shape index (κ2) is 7.53. The van der Waals surface area contributed by atoms with Crippen LogP contribution in [0, 0.1) is 0 Å². The zero-order valence-electron chi connectivity index (χ0n) is 10.7. The van der Waals surface area contributed by atoms with E-state index in [0.717, 1.165) is 0 Å². The predicted octanol–water partition coefficient (Wildman–Crippen LogP) is 2.23. The zero-order valence-corrected chi connectivity index (χ0v) is 12.3. The number of esters is 1. The van der Waals surface area contributed by atoms with Gasteiger partial charge in [-0.3, -0.25) is 0 Å². The lowest BCUT2D eigenvalue weighted by Gasteiger charge is -2.22. The van der Waals surface area contributed by atoms with Crippen LogP contribution in [0.15, 0.2) is 0 Å². The molecule has 0 radical (unpaired) electrons. The van der Waals surface area contributed by atoms with Gasteiger partial charge in [0.25, 0.3) is 0 Å². The van der Waals surface area contributed by atoms with Crippen LogP contribution in [0.3, 0.4) is 0 Å². The van der Waals surface area contributed by atoms with Crippen molar-refractivity contribution in [1.82, 2.24) is 5.32 Å². The molecule has 0 heterocycles. The van der Waals surface area contributed by atoms with Gasteiger partial charge in [0.15, 0.2) is 0 Å². The highest BCUT2D eigenvalue weighted by Gasteiger charge is 2.24. The SMILES string of the molecule is CCOC(=O)[C@H](CCBr)NC(=O)OC(C)(C)C. The number of alkyl carbamates (subject to hydrolysis) is 1. The van der Waals surface area contributed by atoms with Crippen molar-refractivity contribution in [3.05, 3.63) is 0 Å². The Balaban J connectivity index is 4.34. The fourth-order valence-corrected chi connectivity index (χ4v) is 1.51. The minimum absolute atomic E-state index is 0.285. The summed E-state index contributed by atoms with van der Waals surface area (Å²) in [6.07, 6.45) is -0.158. The molecule has 0 bridgehead atoms. The molecule has 0 unspecified atom stereocenters. The first kappa shape index (κ1) is 16.2. The van der Waals surface area contributed by atoms with Crippen molar-refractivity contribution in [3.8, 4) is 0 Å². The molecule has 6 heteroatoms. The molecule has 0 aliphatic carbocycles. The Bertz CT molecular complexity index is 263. The first-order valence-corrected chi connectivity index (χ1v) is 6.64. The molecular weight excluding hydrogens is 290 g/mol. The molecule has 0 saturated heterocycles. The molecule has 1 N–H and O–H groups in total. The molecule has 0 aliphatic rings. The van der Waals surface area contributed by atoms with E-state index in [-0.39, 0.29) is 6.61 Å². The lowest BCUT2D eigenvalue weighted by molar-refractivity contribution is -0.145. The molecule has 0 aliphatic heterocycles. The number of carbonyl (C=O) groups excluding carboxylic acids is 2. The number of ether oxygens (including phenoxy) is 2. The van der Waals surface area contributed by atoms with Crippen molar-refractivity contribution in [2.45, 2.75) is 45.8 Å². The molecule has 1 atom stereocenters. The number of hydrogen-bond acceptors (Lipinski definition) is 4. The normalized spacial score (nSPS) is 12.8. The van der Waals surface area contributed by atoms with Gasteiger partial charge in [-0.25, -0.2) is 9.59 Å². The van der Waals surface area contributed by atoms with Gasteiger partial charge >= 0.3 is 12.1 Å². The van der Waals surface area contributed by atoms with Crippen LogP contribution >= 0.6 is 15.9 Å². The summed E-state index contributed by atoms with van der Waals surface area (Å²) in [5, 5.41) is 3.08. The van der Waals surface area contributed by atoms with E-state index in [2.05, 4.69) is 21.2 Å². The van der Waals surface area contributed by atoms with Gasteiger partial charge in [0, 0.05) is 5.33 Å². The number of nitrogens with one attached hydrogen (secondary N) is 1. The maximum Gasteiger partial charge on any atom is 0.408 e. The summed E-state index contributed by atoms with van der Waals surface area (Å²) >= 11 is 3.22. The third-order valence-corrected chi connectivity index (χ3v) is 2.12. The number of alkyl halides is 1. The summed E-state index contributed by atoms with van der Waals surface area (Å²) < 4.78 is 9.93. The molecule has 0 spiro atoms. The van der Waals surface area contributed by atoms with Crippen LogP contribution in [0.25, 0.3) is 0 Å². The summed E-state index contributed by atoms with van der Waals surface area (Å²) in [4.78, 5) is 23.0. The van der Waals surface area contributed by atoms with Crippen LogP contribution in [-0.4, -0.2) is 35.6 Å². The molecule has 0 saturated carbocycles. The Labute approximate surface area is 110 Å². The van der Waals surface area contributed by atoms with Crippen LogP contribution < -0.4 is 5.32 Å². The number of rotatable bonds is 5. The fraction of sp³-hybridized carbons (Fsp3) is 0.818. The average Bonchev–Trinajstić information content (AvgIpc) is 2.14. The van der Waals surface area contributed by atoms with Gasteiger partial charge < -0.3 is 14.8 Å². The molecule has 0 aromatic rings. The Hall–Kier alpha value is -0.780. The Morgan fingerprint density at radius 2 is 1.94 bits per heavy atom. The third-order valence-electron chi connectivity index (χ3n) is 1.66. The predicted molar refractivity (Wildman–Crippen MR) is 68.2 cm³/mol. The summed E-state index contributed by atoms with van der Waals surface area (Å²) in [5.41, 5.74) is -0.586. The molecule has 1 amide bonds.